The normalized spacial score (nSPS) is 12.0. The van der Waals surface area contributed by atoms with Crippen LogP contribution < -0.4 is 10.1 Å². The Morgan fingerprint density at radius 2 is 1.79 bits per heavy atom. The van der Waals surface area contributed by atoms with E-state index in [1.807, 2.05) is 55.5 Å². The molecule has 0 bridgehead atoms. The Kier molecular flexibility index (Phi) is 4.72. The first-order valence-electron chi connectivity index (χ1n) is 7.71. The highest BCUT2D eigenvalue weighted by Gasteiger charge is 2.16. The van der Waals surface area contributed by atoms with Crippen LogP contribution in [0.25, 0.3) is 10.8 Å². The van der Waals surface area contributed by atoms with E-state index in [0.29, 0.717) is 16.3 Å². The van der Waals surface area contributed by atoms with E-state index in [2.05, 4.69) is 5.32 Å². The summed E-state index contributed by atoms with van der Waals surface area (Å²) in [5.74, 6) is 0.570. The second-order valence-electron chi connectivity index (χ2n) is 5.64. The maximum absolute atomic E-state index is 12.6. The lowest BCUT2D eigenvalue weighted by molar-refractivity contribution is 0.0939. The van der Waals surface area contributed by atoms with Gasteiger partial charge < -0.3 is 10.1 Å². The van der Waals surface area contributed by atoms with Crippen LogP contribution in [0.5, 0.6) is 5.75 Å². The van der Waals surface area contributed by atoms with Crippen molar-refractivity contribution in [2.45, 2.75) is 13.0 Å². The van der Waals surface area contributed by atoms with E-state index in [1.165, 1.54) is 0 Å². The van der Waals surface area contributed by atoms with Gasteiger partial charge in [-0.15, -0.1) is 0 Å². The zero-order valence-electron chi connectivity index (χ0n) is 13.5. The quantitative estimate of drug-likeness (QED) is 0.727. The smallest absolute Gasteiger partial charge is 0.251 e. The number of nitrogens with one attached hydrogen (secondary N) is 1. The Hall–Kier alpha value is -2.52. The fourth-order valence-corrected chi connectivity index (χ4v) is 2.91. The van der Waals surface area contributed by atoms with E-state index in [9.17, 15) is 4.79 Å². The standard InChI is InChI=1S/C20H18ClNO2/c1-13(18-12-17(21)9-10-19(18)24-2)22-20(23)16-8-7-14-5-3-4-6-15(14)11-16/h3-13H,1-2H3,(H,22,23). The van der Waals surface area contributed by atoms with Gasteiger partial charge in [0.25, 0.3) is 5.91 Å². The SMILES string of the molecule is COc1ccc(Cl)cc1C(C)NC(=O)c1ccc2ccccc2c1. The first-order chi connectivity index (χ1) is 11.6. The van der Waals surface area contributed by atoms with E-state index in [-0.39, 0.29) is 11.9 Å². The number of fused-ring (bicyclic) bond motifs is 1. The number of ether oxygens (including phenoxy) is 1. The summed E-state index contributed by atoms with van der Waals surface area (Å²) in [6.45, 7) is 1.91. The molecule has 1 unspecified atom stereocenters. The number of benzene rings is 3. The van der Waals surface area contributed by atoms with Crippen molar-refractivity contribution in [3.8, 4) is 5.75 Å². The minimum Gasteiger partial charge on any atom is -0.496 e. The van der Waals surface area contributed by atoms with E-state index >= 15 is 0 Å². The molecule has 3 aromatic carbocycles. The molecule has 122 valence electrons. The van der Waals surface area contributed by atoms with Crippen molar-refractivity contribution in [2.75, 3.05) is 7.11 Å². The van der Waals surface area contributed by atoms with Crippen molar-refractivity contribution >= 4 is 28.3 Å². The molecule has 0 aliphatic heterocycles. The van der Waals surface area contributed by atoms with Gasteiger partial charge in [0.05, 0.1) is 13.2 Å². The molecule has 0 fully saturated rings. The average Bonchev–Trinajstić information content (AvgIpc) is 2.61. The lowest BCUT2D eigenvalue weighted by Gasteiger charge is -2.18. The number of amides is 1. The van der Waals surface area contributed by atoms with Crippen LogP contribution in [0.4, 0.5) is 0 Å². The molecule has 1 atom stereocenters. The summed E-state index contributed by atoms with van der Waals surface area (Å²) in [6.07, 6.45) is 0. The molecule has 0 radical (unpaired) electrons. The third kappa shape index (κ3) is 3.36. The van der Waals surface area contributed by atoms with Crippen LogP contribution in [-0.4, -0.2) is 13.0 Å². The van der Waals surface area contributed by atoms with Crippen LogP contribution in [0.1, 0.15) is 28.9 Å². The lowest BCUT2D eigenvalue weighted by atomic mass is 10.0. The lowest BCUT2D eigenvalue weighted by Crippen LogP contribution is -2.26. The maximum Gasteiger partial charge on any atom is 0.251 e. The van der Waals surface area contributed by atoms with Crippen LogP contribution in [0.2, 0.25) is 5.02 Å². The third-order valence-corrected chi connectivity index (χ3v) is 4.25. The number of hydrogen-bond acceptors (Lipinski definition) is 2. The van der Waals surface area contributed by atoms with Gasteiger partial charge in [-0.05, 0) is 48.0 Å². The first-order valence-corrected chi connectivity index (χ1v) is 8.09. The Balaban J connectivity index is 1.84. The van der Waals surface area contributed by atoms with Crippen molar-refractivity contribution in [1.29, 1.82) is 0 Å². The Morgan fingerprint density at radius 1 is 1.04 bits per heavy atom. The number of carbonyl (C=O) groups is 1. The molecule has 1 N–H and O–H groups in total. The van der Waals surface area contributed by atoms with E-state index in [1.54, 1.807) is 19.2 Å². The zero-order valence-corrected chi connectivity index (χ0v) is 14.3. The first kappa shape index (κ1) is 16.3. The number of carbonyl (C=O) groups excluding carboxylic acids is 1. The number of halogens is 1. The highest BCUT2D eigenvalue weighted by atomic mass is 35.5. The van der Waals surface area contributed by atoms with Gasteiger partial charge in [0, 0.05) is 16.1 Å². The van der Waals surface area contributed by atoms with Crippen LogP contribution in [-0.2, 0) is 0 Å². The van der Waals surface area contributed by atoms with Gasteiger partial charge in [0.1, 0.15) is 5.75 Å². The molecule has 3 rings (SSSR count). The molecule has 1 amide bonds. The van der Waals surface area contributed by atoms with Crippen LogP contribution in [0, 0.1) is 0 Å². The Labute approximate surface area is 146 Å². The second kappa shape index (κ2) is 6.93. The van der Waals surface area contributed by atoms with Gasteiger partial charge in [-0.3, -0.25) is 4.79 Å². The summed E-state index contributed by atoms with van der Waals surface area (Å²) in [6, 6.07) is 18.8. The van der Waals surface area contributed by atoms with Crippen molar-refractivity contribution < 1.29 is 9.53 Å². The molecule has 3 nitrogen and oxygen atoms in total. The van der Waals surface area contributed by atoms with Crippen molar-refractivity contribution in [3.05, 3.63) is 76.8 Å². The topological polar surface area (TPSA) is 38.3 Å². The van der Waals surface area contributed by atoms with Crippen molar-refractivity contribution in [1.82, 2.24) is 5.32 Å². The van der Waals surface area contributed by atoms with E-state index < -0.39 is 0 Å². The fraction of sp³-hybridized carbons (Fsp3) is 0.150. The van der Waals surface area contributed by atoms with Gasteiger partial charge >= 0.3 is 0 Å². The number of hydrogen-bond donors (Lipinski definition) is 1. The van der Waals surface area contributed by atoms with Gasteiger partial charge in [0.15, 0.2) is 0 Å². The van der Waals surface area contributed by atoms with Gasteiger partial charge in [-0.2, -0.15) is 0 Å². The van der Waals surface area contributed by atoms with Gasteiger partial charge in [-0.1, -0.05) is 41.9 Å². The van der Waals surface area contributed by atoms with Gasteiger partial charge in [-0.25, -0.2) is 0 Å². The molecule has 0 aliphatic rings. The number of rotatable bonds is 4. The second-order valence-corrected chi connectivity index (χ2v) is 6.08. The highest BCUT2D eigenvalue weighted by Crippen LogP contribution is 2.28. The predicted octanol–water partition coefficient (Wildman–Crippen LogP) is 4.99. The Bertz CT molecular complexity index is 892. The molecule has 0 aliphatic carbocycles. The largest absolute Gasteiger partial charge is 0.496 e. The molecule has 0 aromatic heterocycles. The van der Waals surface area contributed by atoms with Crippen LogP contribution in [0.15, 0.2) is 60.7 Å². The van der Waals surface area contributed by atoms with E-state index in [4.69, 9.17) is 16.3 Å². The van der Waals surface area contributed by atoms with E-state index in [0.717, 1.165) is 16.3 Å². The predicted molar refractivity (Wildman–Crippen MR) is 97.8 cm³/mol. The van der Waals surface area contributed by atoms with Crippen molar-refractivity contribution in [3.63, 3.8) is 0 Å². The van der Waals surface area contributed by atoms with Crippen LogP contribution >= 0.6 is 11.6 Å². The fourth-order valence-electron chi connectivity index (χ4n) is 2.73. The minimum atomic E-state index is -0.224. The van der Waals surface area contributed by atoms with Gasteiger partial charge in [0.2, 0.25) is 0 Å². The van der Waals surface area contributed by atoms with Crippen molar-refractivity contribution in [2.24, 2.45) is 0 Å². The Morgan fingerprint density at radius 3 is 2.54 bits per heavy atom. The number of methoxy groups -OCH3 is 1. The van der Waals surface area contributed by atoms with Crippen LogP contribution in [0.3, 0.4) is 0 Å². The zero-order chi connectivity index (χ0) is 17.1. The monoisotopic (exact) mass is 339 g/mol. The summed E-state index contributed by atoms with van der Waals surface area (Å²) in [7, 11) is 1.60. The molecule has 0 saturated carbocycles. The summed E-state index contributed by atoms with van der Waals surface area (Å²) >= 11 is 6.07. The summed E-state index contributed by atoms with van der Waals surface area (Å²) in [4.78, 5) is 12.6. The molecule has 0 spiro atoms. The summed E-state index contributed by atoms with van der Waals surface area (Å²) < 4.78 is 5.36. The summed E-state index contributed by atoms with van der Waals surface area (Å²) in [5, 5.41) is 5.76. The molecule has 24 heavy (non-hydrogen) atoms. The average molecular weight is 340 g/mol. The highest BCUT2D eigenvalue weighted by molar-refractivity contribution is 6.30. The molecule has 4 heteroatoms. The molecular formula is C20H18ClNO2. The minimum absolute atomic E-state index is 0.129. The molecule has 0 heterocycles. The third-order valence-electron chi connectivity index (χ3n) is 4.02. The molecular weight excluding hydrogens is 322 g/mol. The maximum atomic E-state index is 12.6. The molecule has 0 saturated heterocycles. The molecule has 3 aromatic rings. The summed E-state index contributed by atoms with van der Waals surface area (Å²) in [5.41, 5.74) is 1.47.